The summed E-state index contributed by atoms with van der Waals surface area (Å²) in [6.45, 7) is 10.8. The predicted molar refractivity (Wildman–Crippen MR) is 101 cm³/mol. The molecule has 0 aliphatic carbocycles. The van der Waals surface area contributed by atoms with Crippen LogP contribution in [0.2, 0.25) is 0 Å². The van der Waals surface area contributed by atoms with E-state index in [4.69, 9.17) is 0 Å². The Kier molecular flexibility index (Phi) is 5.82. The molecular weight excluding hydrogens is 294 g/mol. The van der Waals surface area contributed by atoms with Crippen LogP contribution in [0, 0.1) is 0 Å². The van der Waals surface area contributed by atoms with Gasteiger partial charge >= 0.3 is 0 Å². The highest BCUT2D eigenvalue weighted by molar-refractivity contribution is 5.79. The lowest BCUT2D eigenvalue weighted by atomic mass is 9.86. The number of rotatable bonds is 5. The predicted octanol–water partition coefficient (Wildman–Crippen LogP) is 4.97. The molecule has 1 unspecified atom stereocenters. The maximum atomic E-state index is 12.3. The second kappa shape index (κ2) is 7.65. The zero-order valence-electron chi connectivity index (χ0n) is 15.5. The molecule has 0 heterocycles. The quantitative estimate of drug-likeness (QED) is 0.827. The van der Waals surface area contributed by atoms with Gasteiger partial charge in [0.2, 0.25) is 5.91 Å². The van der Waals surface area contributed by atoms with E-state index in [0.29, 0.717) is 6.42 Å². The first kappa shape index (κ1) is 18.3. The van der Waals surface area contributed by atoms with Crippen LogP contribution in [-0.2, 0) is 23.1 Å². The number of hydrogen-bond donors (Lipinski definition) is 1. The minimum Gasteiger partial charge on any atom is -0.349 e. The largest absolute Gasteiger partial charge is 0.349 e. The molecule has 24 heavy (non-hydrogen) atoms. The Hall–Kier alpha value is -2.09. The second-order valence-corrected chi connectivity index (χ2v) is 7.51. The fourth-order valence-electron chi connectivity index (χ4n) is 2.73. The molecule has 2 rings (SSSR count). The van der Waals surface area contributed by atoms with Crippen LogP contribution in [0.4, 0.5) is 0 Å². The van der Waals surface area contributed by atoms with Crippen LogP contribution in [0.15, 0.2) is 48.5 Å². The summed E-state index contributed by atoms with van der Waals surface area (Å²) >= 11 is 0. The van der Waals surface area contributed by atoms with E-state index in [2.05, 4.69) is 69.4 Å². The van der Waals surface area contributed by atoms with Crippen molar-refractivity contribution in [2.24, 2.45) is 0 Å². The Morgan fingerprint density at radius 1 is 0.958 bits per heavy atom. The molecule has 0 bridgehead atoms. The zero-order chi connectivity index (χ0) is 17.7. The van der Waals surface area contributed by atoms with Crippen LogP contribution in [0.5, 0.6) is 0 Å². The van der Waals surface area contributed by atoms with Gasteiger partial charge in [-0.05, 0) is 41.0 Å². The summed E-state index contributed by atoms with van der Waals surface area (Å²) in [6, 6.07) is 16.8. The minimum atomic E-state index is 0.0152. The number of carbonyl (C=O) groups excluding carboxylic acids is 1. The van der Waals surface area contributed by atoms with E-state index in [1.807, 2.05) is 19.1 Å². The Morgan fingerprint density at radius 3 is 2.00 bits per heavy atom. The van der Waals surface area contributed by atoms with Gasteiger partial charge in [0.15, 0.2) is 0 Å². The van der Waals surface area contributed by atoms with E-state index < -0.39 is 0 Å². The van der Waals surface area contributed by atoms with Crippen molar-refractivity contribution in [2.75, 3.05) is 0 Å². The lowest BCUT2D eigenvalue weighted by Crippen LogP contribution is -2.28. The highest BCUT2D eigenvalue weighted by Crippen LogP contribution is 2.23. The summed E-state index contributed by atoms with van der Waals surface area (Å²) in [4.78, 5) is 12.3. The van der Waals surface area contributed by atoms with E-state index >= 15 is 0 Å². The van der Waals surface area contributed by atoms with Gasteiger partial charge in [0, 0.05) is 0 Å². The highest BCUT2D eigenvalue weighted by Gasteiger charge is 2.15. The molecule has 0 fully saturated rings. The highest BCUT2D eigenvalue weighted by atomic mass is 16.1. The normalized spacial score (nSPS) is 12.7. The van der Waals surface area contributed by atoms with Gasteiger partial charge in [0.25, 0.3) is 0 Å². The third-order valence-corrected chi connectivity index (χ3v) is 4.45. The van der Waals surface area contributed by atoms with E-state index in [-0.39, 0.29) is 17.4 Å². The van der Waals surface area contributed by atoms with E-state index in [0.717, 1.165) is 17.5 Å². The van der Waals surface area contributed by atoms with Crippen molar-refractivity contribution in [1.29, 1.82) is 0 Å². The van der Waals surface area contributed by atoms with Crippen molar-refractivity contribution in [2.45, 2.75) is 58.9 Å². The summed E-state index contributed by atoms with van der Waals surface area (Å²) < 4.78 is 0. The molecule has 0 saturated carbocycles. The molecule has 1 amide bonds. The average Bonchev–Trinajstić information content (AvgIpc) is 2.54. The molecule has 2 nitrogen and oxygen atoms in total. The minimum absolute atomic E-state index is 0.0152. The van der Waals surface area contributed by atoms with Gasteiger partial charge in [-0.25, -0.2) is 0 Å². The zero-order valence-corrected chi connectivity index (χ0v) is 15.5. The Morgan fingerprint density at radius 2 is 1.50 bits per heavy atom. The van der Waals surface area contributed by atoms with Crippen molar-refractivity contribution < 1.29 is 4.79 Å². The first-order chi connectivity index (χ1) is 11.3. The van der Waals surface area contributed by atoms with Crippen molar-refractivity contribution in [3.8, 4) is 0 Å². The van der Waals surface area contributed by atoms with Gasteiger partial charge in [-0.2, -0.15) is 0 Å². The smallest absolute Gasteiger partial charge is 0.224 e. The number of hydrogen-bond acceptors (Lipinski definition) is 1. The summed E-state index contributed by atoms with van der Waals surface area (Å²) in [7, 11) is 0. The standard InChI is InChI=1S/C22H29NO/c1-6-17-7-9-18(10-8-17)15-21(24)23-16(2)19-11-13-20(14-12-19)22(3,4)5/h7-14,16H,6,15H2,1-5H3,(H,23,24). The van der Waals surface area contributed by atoms with E-state index in [1.165, 1.54) is 11.1 Å². The van der Waals surface area contributed by atoms with E-state index in [1.54, 1.807) is 0 Å². The monoisotopic (exact) mass is 323 g/mol. The fourth-order valence-corrected chi connectivity index (χ4v) is 2.73. The van der Waals surface area contributed by atoms with Gasteiger partial charge in [0.05, 0.1) is 12.5 Å². The van der Waals surface area contributed by atoms with Crippen LogP contribution < -0.4 is 5.32 Å². The molecule has 1 atom stereocenters. The summed E-state index contributed by atoms with van der Waals surface area (Å²) in [6.07, 6.45) is 1.45. The molecule has 1 N–H and O–H groups in total. The van der Waals surface area contributed by atoms with Crippen molar-refractivity contribution in [1.82, 2.24) is 5.32 Å². The van der Waals surface area contributed by atoms with Crippen LogP contribution >= 0.6 is 0 Å². The molecule has 0 spiro atoms. The fraction of sp³-hybridized carbons (Fsp3) is 0.409. The van der Waals surface area contributed by atoms with Crippen LogP contribution in [0.25, 0.3) is 0 Å². The summed E-state index contributed by atoms with van der Waals surface area (Å²) in [5, 5.41) is 3.09. The molecule has 2 aromatic rings. The molecule has 0 aromatic heterocycles. The van der Waals surface area contributed by atoms with Gasteiger partial charge < -0.3 is 5.32 Å². The molecule has 0 aliphatic heterocycles. The van der Waals surface area contributed by atoms with Crippen molar-refractivity contribution in [3.05, 3.63) is 70.8 Å². The first-order valence-electron chi connectivity index (χ1n) is 8.77. The number of aryl methyl sites for hydroxylation is 1. The Labute approximate surface area is 146 Å². The Bertz CT molecular complexity index is 663. The molecule has 0 aliphatic rings. The number of amides is 1. The van der Waals surface area contributed by atoms with Crippen molar-refractivity contribution >= 4 is 5.91 Å². The number of carbonyl (C=O) groups is 1. The molecule has 0 saturated heterocycles. The Balaban J connectivity index is 1.95. The van der Waals surface area contributed by atoms with Gasteiger partial charge in [0.1, 0.15) is 0 Å². The SMILES string of the molecule is CCc1ccc(CC(=O)NC(C)c2ccc(C(C)(C)C)cc2)cc1. The molecular formula is C22H29NO. The van der Waals surface area contributed by atoms with Gasteiger partial charge in [-0.1, -0.05) is 76.2 Å². The number of nitrogens with one attached hydrogen (secondary N) is 1. The van der Waals surface area contributed by atoms with Crippen LogP contribution in [0.3, 0.4) is 0 Å². The molecule has 2 aromatic carbocycles. The maximum absolute atomic E-state index is 12.3. The van der Waals surface area contributed by atoms with E-state index in [9.17, 15) is 4.79 Å². The van der Waals surface area contributed by atoms with Gasteiger partial charge in [-0.15, -0.1) is 0 Å². The first-order valence-corrected chi connectivity index (χ1v) is 8.77. The van der Waals surface area contributed by atoms with Crippen molar-refractivity contribution in [3.63, 3.8) is 0 Å². The number of benzene rings is 2. The molecule has 2 heteroatoms. The maximum Gasteiger partial charge on any atom is 0.224 e. The topological polar surface area (TPSA) is 29.1 Å². The second-order valence-electron chi connectivity index (χ2n) is 7.51. The summed E-state index contributed by atoms with van der Waals surface area (Å²) in [5.74, 6) is 0.0617. The van der Waals surface area contributed by atoms with Crippen LogP contribution in [0.1, 0.15) is 62.9 Å². The summed E-state index contributed by atoms with van der Waals surface area (Å²) in [5.41, 5.74) is 4.94. The third kappa shape index (κ3) is 4.95. The third-order valence-electron chi connectivity index (χ3n) is 4.45. The van der Waals surface area contributed by atoms with Gasteiger partial charge in [-0.3, -0.25) is 4.79 Å². The lowest BCUT2D eigenvalue weighted by Gasteiger charge is -2.20. The molecule has 128 valence electrons. The molecule has 0 radical (unpaired) electrons. The lowest BCUT2D eigenvalue weighted by molar-refractivity contribution is -0.121. The average molecular weight is 323 g/mol. The van der Waals surface area contributed by atoms with Crippen LogP contribution in [-0.4, -0.2) is 5.91 Å².